The Labute approximate surface area is 135 Å². The van der Waals surface area contributed by atoms with Crippen LogP contribution in [0.2, 0.25) is 0 Å². The molecular weight excluding hydrogens is 324 g/mol. The van der Waals surface area contributed by atoms with Crippen molar-refractivity contribution in [1.29, 1.82) is 0 Å². The number of thiophene rings is 1. The van der Waals surface area contributed by atoms with Crippen LogP contribution in [0.15, 0.2) is 35.7 Å². The van der Waals surface area contributed by atoms with Gasteiger partial charge in [-0.3, -0.25) is 4.79 Å². The molecule has 0 saturated heterocycles. The predicted octanol–water partition coefficient (Wildman–Crippen LogP) is 3.53. The fourth-order valence-electron chi connectivity index (χ4n) is 1.68. The van der Waals surface area contributed by atoms with Crippen LogP contribution < -0.4 is 5.32 Å². The summed E-state index contributed by atoms with van der Waals surface area (Å²) in [5, 5.41) is 3.91. The monoisotopic (exact) mass is 337 g/mol. The quantitative estimate of drug-likeness (QED) is 0.671. The van der Waals surface area contributed by atoms with E-state index in [2.05, 4.69) is 0 Å². The third-order valence-corrected chi connectivity index (χ3v) is 3.83. The standard InChI is InChI=1S/C16H13F2NO3S/c1-10-7-8-23-13(10)5-6-15(21)22-9-14(20)19-16-11(17)3-2-4-12(16)18/h2-8H,9H2,1H3,(H,19,20)/b6-5+. The Bertz CT molecular complexity index is 735. The Morgan fingerprint density at radius 2 is 1.96 bits per heavy atom. The summed E-state index contributed by atoms with van der Waals surface area (Å²) in [6.07, 6.45) is 2.77. The molecule has 4 nitrogen and oxygen atoms in total. The molecule has 23 heavy (non-hydrogen) atoms. The lowest BCUT2D eigenvalue weighted by Crippen LogP contribution is -2.21. The average Bonchev–Trinajstić information content (AvgIpc) is 2.92. The largest absolute Gasteiger partial charge is 0.452 e. The van der Waals surface area contributed by atoms with Crippen molar-refractivity contribution in [1.82, 2.24) is 0 Å². The molecule has 1 N–H and O–H groups in total. The number of para-hydroxylation sites is 1. The van der Waals surface area contributed by atoms with E-state index in [4.69, 9.17) is 4.74 Å². The van der Waals surface area contributed by atoms with E-state index in [1.165, 1.54) is 23.5 Å². The van der Waals surface area contributed by atoms with E-state index in [1.54, 1.807) is 6.08 Å². The number of rotatable bonds is 5. The van der Waals surface area contributed by atoms with Crippen molar-refractivity contribution >= 4 is 35.0 Å². The van der Waals surface area contributed by atoms with Crippen LogP contribution in [0, 0.1) is 18.6 Å². The predicted molar refractivity (Wildman–Crippen MR) is 84.0 cm³/mol. The van der Waals surface area contributed by atoms with Gasteiger partial charge in [0.2, 0.25) is 0 Å². The average molecular weight is 337 g/mol. The molecule has 0 unspecified atom stereocenters. The lowest BCUT2D eigenvalue weighted by molar-refractivity contribution is -0.142. The molecule has 120 valence electrons. The van der Waals surface area contributed by atoms with Gasteiger partial charge in [0.15, 0.2) is 6.61 Å². The topological polar surface area (TPSA) is 55.4 Å². The lowest BCUT2D eigenvalue weighted by Gasteiger charge is -2.07. The van der Waals surface area contributed by atoms with Gasteiger partial charge in [-0.05, 0) is 42.1 Å². The van der Waals surface area contributed by atoms with Gasteiger partial charge in [0.1, 0.15) is 17.3 Å². The molecule has 0 atom stereocenters. The summed E-state index contributed by atoms with van der Waals surface area (Å²) in [4.78, 5) is 24.0. The number of aryl methyl sites for hydroxylation is 1. The fourth-order valence-corrected chi connectivity index (χ4v) is 2.50. The number of ether oxygens (including phenoxy) is 1. The molecular formula is C16H13F2NO3S. The number of carbonyl (C=O) groups excluding carboxylic acids is 2. The lowest BCUT2D eigenvalue weighted by atomic mass is 10.3. The molecule has 2 rings (SSSR count). The Kier molecular flexibility index (Phi) is 5.59. The maximum absolute atomic E-state index is 13.4. The summed E-state index contributed by atoms with van der Waals surface area (Å²) in [5.74, 6) is -3.36. The van der Waals surface area contributed by atoms with Gasteiger partial charge in [-0.1, -0.05) is 6.07 Å². The summed E-state index contributed by atoms with van der Waals surface area (Å²) >= 11 is 1.46. The number of esters is 1. The number of hydrogen-bond donors (Lipinski definition) is 1. The molecule has 1 aromatic heterocycles. The van der Waals surface area contributed by atoms with Crippen molar-refractivity contribution in [3.05, 3.63) is 57.8 Å². The Hall–Kier alpha value is -2.54. The summed E-state index contributed by atoms with van der Waals surface area (Å²) in [6.45, 7) is 1.26. The van der Waals surface area contributed by atoms with Crippen LogP contribution in [0.25, 0.3) is 6.08 Å². The third-order valence-electron chi connectivity index (χ3n) is 2.85. The van der Waals surface area contributed by atoms with Crippen molar-refractivity contribution in [2.45, 2.75) is 6.92 Å². The van der Waals surface area contributed by atoms with Crippen LogP contribution in [0.1, 0.15) is 10.4 Å². The number of nitrogens with one attached hydrogen (secondary N) is 1. The minimum atomic E-state index is -0.905. The Morgan fingerprint density at radius 3 is 2.57 bits per heavy atom. The number of carbonyl (C=O) groups is 2. The van der Waals surface area contributed by atoms with Crippen LogP contribution >= 0.6 is 11.3 Å². The molecule has 7 heteroatoms. The zero-order valence-electron chi connectivity index (χ0n) is 12.1. The molecule has 0 saturated carbocycles. The van der Waals surface area contributed by atoms with E-state index in [-0.39, 0.29) is 0 Å². The Morgan fingerprint density at radius 1 is 1.26 bits per heavy atom. The van der Waals surface area contributed by atoms with E-state index in [0.29, 0.717) is 0 Å². The highest BCUT2D eigenvalue weighted by molar-refractivity contribution is 7.11. The molecule has 0 aliphatic heterocycles. The minimum Gasteiger partial charge on any atom is -0.452 e. The molecule has 1 heterocycles. The molecule has 0 aliphatic rings. The Balaban J connectivity index is 1.86. The van der Waals surface area contributed by atoms with E-state index < -0.39 is 35.8 Å². The molecule has 0 fully saturated rings. The van der Waals surface area contributed by atoms with Gasteiger partial charge in [-0.25, -0.2) is 13.6 Å². The van der Waals surface area contributed by atoms with Crippen molar-refractivity contribution < 1.29 is 23.1 Å². The molecule has 1 amide bonds. The number of benzene rings is 1. The summed E-state index contributed by atoms with van der Waals surface area (Å²) in [6, 6.07) is 5.11. The first kappa shape index (κ1) is 16.8. The van der Waals surface area contributed by atoms with Gasteiger partial charge in [0.05, 0.1) is 0 Å². The zero-order chi connectivity index (χ0) is 16.8. The fraction of sp³-hybridized carbons (Fsp3) is 0.125. The minimum absolute atomic E-state index is 0.571. The van der Waals surface area contributed by atoms with Crippen molar-refractivity contribution in [3.8, 4) is 0 Å². The second kappa shape index (κ2) is 7.64. The molecule has 0 spiro atoms. The van der Waals surface area contributed by atoms with E-state index in [9.17, 15) is 18.4 Å². The first-order valence-electron chi connectivity index (χ1n) is 6.60. The number of anilines is 1. The molecule has 0 bridgehead atoms. The van der Waals surface area contributed by atoms with Crippen LogP contribution in [-0.2, 0) is 14.3 Å². The second-order valence-electron chi connectivity index (χ2n) is 4.55. The SMILES string of the molecule is Cc1ccsc1/C=C/C(=O)OCC(=O)Nc1c(F)cccc1F. The second-order valence-corrected chi connectivity index (χ2v) is 5.50. The first-order valence-corrected chi connectivity index (χ1v) is 7.48. The molecule has 2 aromatic rings. The smallest absolute Gasteiger partial charge is 0.331 e. The van der Waals surface area contributed by atoms with Gasteiger partial charge in [-0.15, -0.1) is 11.3 Å². The third kappa shape index (κ3) is 4.72. The van der Waals surface area contributed by atoms with Gasteiger partial charge >= 0.3 is 5.97 Å². The van der Waals surface area contributed by atoms with Crippen LogP contribution in [0.3, 0.4) is 0 Å². The first-order chi connectivity index (χ1) is 11.0. The van der Waals surface area contributed by atoms with E-state index >= 15 is 0 Å². The van der Waals surface area contributed by atoms with Gasteiger partial charge in [-0.2, -0.15) is 0 Å². The number of halogens is 2. The highest BCUT2D eigenvalue weighted by atomic mass is 32.1. The van der Waals surface area contributed by atoms with Crippen LogP contribution in [0.5, 0.6) is 0 Å². The molecule has 1 aromatic carbocycles. The van der Waals surface area contributed by atoms with E-state index in [1.807, 2.05) is 23.7 Å². The number of hydrogen-bond acceptors (Lipinski definition) is 4. The summed E-state index contributed by atoms with van der Waals surface area (Å²) < 4.78 is 31.4. The van der Waals surface area contributed by atoms with Crippen LogP contribution in [-0.4, -0.2) is 18.5 Å². The highest BCUT2D eigenvalue weighted by Crippen LogP contribution is 2.18. The van der Waals surface area contributed by atoms with Gasteiger partial charge in [0, 0.05) is 11.0 Å². The summed E-state index contributed by atoms with van der Waals surface area (Å²) in [7, 11) is 0. The maximum Gasteiger partial charge on any atom is 0.331 e. The van der Waals surface area contributed by atoms with Crippen LogP contribution in [0.4, 0.5) is 14.5 Å². The molecule has 0 radical (unpaired) electrons. The molecule has 0 aliphatic carbocycles. The normalized spacial score (nSPS) is 10.7. The van der Waals surface area contributed by atoms with Crippen molar-refractivity contribution in [3.63, 3.8) is 0 Å². The summed E-state index contributed by atoms with van der Waals surface area (Å²) in [5.41, 5.74) is 0.449. The highest BCUT2D eigenvalue weighted by Gasteiger charge is 2.12. The van der Waals surface area contributed by atoms with Gasteiger partial charge < -0.3 is 10.1 Å². The zero-order valence-corrected chi connectivity index (χ0v) is 13.0. The van der Waals surface area contributed by atoms with Crippen molar-refractivity contribution in [2.75, 3.05) is 11.9 Å². The maximum atomic E-state index is 13.4. The van der Waals surface area contributed by atoms with Gasteiger partial charge in [0.25, 0.3) is 5.91 Å². The van der Waals surface area contributed by atoms with E-state index in [0.717, 1.165) is 22.6 Å². The van der Waals surface area contributed by atoms with Crippen molar-refractivity contribution in [2.24, 2.45) is 0 Å². The number of amides is 1.